The highest BCUT2D eigenvalue weighted by molar-refractivity contribution is 5.92. The summed E-state index contributed by atoms with van der Waals surface area (Å²) in [6.45, 7) is 2.98. The third-order valence-corrected chi connectivity index (χ3v) is 4.63. The lowest BCUT2D eigenvalue weighted by Gasteiger charge is -2.14. The molecule has 1 aliphatic rings. The van der Waals surface area contributed by atoms with Gasteiger partial charge in [0.05, 0.1) is 19.7 Å². The molecule has 0 N–H and O–H groups in total. The second-order valence-electron chi connectivity index (χ2n) is 6.13. The third-order valence-electron chi connectivity index (χ3n) is 4.63. The molecule has 1 fully saturated rings. The Balaban J connectivity index is 2.00. The largest absolute Gasteiger partial charge is 0.497 e. The first-order chi connectivity index (χ1) is 11.7. The molecule has 124 valence electrons. The predicted molar refractivity (Wildman–Crippen MR) is 93.7 cm³/mol. The summed E-state index contributed by atoms with van der Waals surface area (Å²) in [7, 11) is 3.36. The van der Waals surface area contributed by atoms with Crippen molar-refractivity contribution >= 4 is 10.9 Å². The molecule has 1 aliphatic carbocycles. The molecule has 0 bridgehead atoms. The zero-order chi connectivity index (χ0) is 16.7. The van der Waals surface area contributed by atoms with Crippen molar-refractivity contribution in [3.8, 4) is 23.0 Å². The maximum absolute atomic E-state index is 5.62. The number of aromatic nitrogens is 3. The van der Waals surface area contributed by atoms with E-state index >= 15 is 0 Å². The molecule has 0 radical (unpaired) electrons. The van der Waals surface area contributed by atoms with Gasteiger partial charge in [-0.15, -0.1) is 0 Å². The van der Waals surface area contributed by atoms with Crippen molar-refractivity contribution in [3.63, 3.8) is 0 Å². The van der Waals surface area contributed by atoms with Gasteiger partial charge in [-0.05, 0) is 37.3 Å². The SMILES string of the molecule is CCn1ccnc1-c1cc(C2CC2)c2c(OC)cc(OC)cc2n1. The predicted octanol–water partition coefficient (Wildman–Crippen LogP) is 4.01. The van der Waals surface area contributed by atoms with Crippen molar-refractivity contribution in [1.29, 1.82) is 0 Å². The fourth-order valence-electron chi connectivity index (χ4n) is 3.24. The molecule has 3 aromatic rings. The molecular weight excluding hydrogens is 302 g/mol. The zero-order valence-electron chi connectivity index (χ0n) is 14.2. The molecule has 0 unspecified atom stereocenters. The minimum absolute atomic E-state index is 0.585. The summed E-state index contributed by atoms with van der Waals surface area (Å²) in [5, 5.41) is 1.10. The van der Waals surface area contributed by atoms with Gasteiger partial charge >= 0.3 is 0 Å². The van der Waals surface area contributed by atoms with E-state index < -0.39 is 0 Å². The monoisotopic (exact) mass is 323 g/mol. The number of rotatable bonds is 5. The Labute approximate surface area is 141 Å². The summed E-state index contributed by atoms with van der Waals surface area (Å²) in [5.41, 5.74) is 3.11. The lowest BCUT2D eigenvalue weighted by molar-refractivity contribution is 0.397. The fraction of sp³-hybridized carbons (Fsp3) is 0.368. The quantitative estimate of drug-likeness (QED) is 0.712. The van der Waals surface area contributed by atoms with E-state index in [1.54, 1.807) is 14.2 Å². The second-order valence-corrected chi connectivity index (χ2v) is 6.13. The van der Waals surface area contributed by atoms with Gasteiger partial charge in [-0.25, -0.2) is 9.97 Å². The van der Waals surface area contributed by atoms with Gasteiger partial charge in [-0.1, -0.05) is 0 Å². The molecule has 4 rings (SSSR count). The van der Waals surface area contributed by atoms with Crippen LogP contribution in [0.5, 0.6) is 11.5 Å². The Kier molecular flexibility index (Phi) is 3.63. The Bertz CT molecular complexity index is 897. The van der Waals surface area contributed by atoms with Gasteiger partial charge in [0.2, 0.25) is 0 Å². The topological polar surface area (TPSA) is 49.2 Å². The highest BCUT2D eigenvalue weighted by atomic mass is 16.5. The van der Waals surface area contributed by atoms with E-state index in [0.29, 0.717) is 5.92 Å². The van der Waals surface area contributed by atoms with Crippen molar-refractivity contribution in [1.82, 2.24) is 14.5 Å². The summed E-state index contributed by atoms with van der Waals surface area (Å²) in [6, 6.07) is 6.10. The van der Waals surface area contributed by atoms with Crippen LogP contribution in [0.4, 0.5) is 0 Å². The summed E-state index contributed by atoms with van der Waals surface area (Å²) in [5.74, 6) is 3.07. The molecule has 0 saturated heterocycles. The fourth-order valence-corrected chi connectivity index (χ4v) is 3.24. The molecule has 0 amide bonds. The summed E-state index contributed by atoms with van der Waals surface area (Å²) >= 11 is 0. The van der Waals surface area contributed by atoms with Gasteiger partial charge in [0.25, 0.3) is 0 Å². The number of pyridine rings is 1. The van der Waals surface area contributed by atoms with Crippen LogP contribution in [-0.2, 0) is 6.54 Å². The number of nitrogens with zero attached hydrogens (tertiary/aromatic N) is 3. The van der Waals surface area contributed by atoms with Crippen molar-refractivity contribution in [2.45, 2.75) is 32.2 Å². The molecule has 0 aliphatic heterocycles. The van der Waals surface area contributed by atoms with Crippen LogP contribution in [0.3, 0.4) is 0 Å². The molecule has 5 heteroatoms. The van der Waals surface area contributed by atoms with Gasteiger partial charge in [0.15, 0.2) is 5.82 Å². The summed E-state index contributed by atoms with van der Waals surface area (Å²) in [6.07, 6.45) is 6.25. The smallest absolute Gasteiger partial charge is 0.158 e. The van der Waals surface area contributed by atoms with E-state index in [2.05, 4.69) is 22.5 Å². The Hall–Kier alpha value is -2.56. The number of ether oxygens (including phenoxy) is 2. The lowest BCUT2D eigenvalue weighted by atomic mass is 10.0. The molecule has 24 heavy (non-hydrogen) atoms. The molecule has 2 heterocycles. The molecule has 0 spiro atoms. The average molecular weight is 323 g/mol. The van der Waals surface area contributed by atoms with Gasteiger partial charge in [0, 0.05) is 36.5 Å². The van der Waals surface area contributed by atoms with Crippen molar-refractivity contribution in [2.75, 3.05) is 14.2 Å². The van der Waals surface area contributed by atoms with Crippen molar-refractivity contribution < 1.29 is 9.47 Å². The average Bonchev–Trinajstić information content (AvgIpc) is 3.36. The first kappa shape index (κ1) is 15.0. The van der Waals surface area contributed by atoms with E-state index in [4.69, 9.17) is 14.5 Å². The van der Waals surface area contributed by atoms with Crippen LogP contribution in [0, 0.1) is 0 Å². The number of aryl methyl sites for hydroxylation is 1. The Morgan fingerprint density at radius 3 is 2.67 bits per heavy atom. The number of benzene rings is 1. The second kappa shape index (κ2) is 5.82. The van der Waals surface area contributed by atoms with Crippen LogP contribution in [0.25, 0.3) is 22.4 Å². The first-order valence-corrected chi connectivity index (χ1v) is 8.33. The number of fused-ring (bicyclic) bond motifs is 1. The molecule has 0 atom stereocenters. The molecular formula is C19H21N3O2. The van der Waals surface area contributed by atoms with Gasteiger partial charge in [-0.2, -0.15) is 0 Å². The molecule has 2 aromatic heterocycles. The zero-order valence-corrected chi connectivity index (χ0v) is 14.2. The normalized spacial score (nSPS) is 14.1. The lowest BCUT2D eigenvalue weighted by Crippen LogP contribution is -2.01. The van der Waals surface area contributed by atoms with Gasteiger partial charge in [-0.3, -0.25) is 0 Å². The molecule has 1 aromatic carbocycles. The number of hydrogen-bond acceptors (Lipinski definition) is 4. The molecule has 5 nitrogen and oxygen atoms in total. The Morgan fingerprint density at radius 1 is 1.17 bits per heavy atom. The maximum atomic E-state index is 5.62. The maximum Gasteiger partial charge on any atom is 0.158 e. The number of methoxy groups -OCH3 is 2. The van der Waals surface area contributed by atoms with Crippen LogP contribution < -0.4 is 9.47 Å². The van der Waals surface area contributed by atoms with E-state index in [9.17, 15) is 0 Å². The van der Waals surface area contributed by atoms with E-state index in [0.717, 1.165) is 40.5 Å². The van der Waals surface area contributed by atoms with E-state index in [1.807, 2.05) is 24.5 Å². The number of imidazole rings is 1. The number of hydrogen-bond donors (Lipinski definition) is 0. The summed E-state index contributed by atoms with van der Waals surface area (Å²) in [4.78, 5) is 9.38. The molecule has 1 saturated carbocycles. The van der Waals surface area contributed by atoms with Crippen molar-refractivity contribution in [2.24, 2.45) is 0 Å². The van der Waals surface area contributed by atoms with Crippen LogP contribution in [0.2, 0.25) is 0 Å². The minimum atomic E-state index is 0.585. The van der Waals surface area contributed by atoms with Gasteiger partial charge in [0.1, 0.15) is 17.2 Å². The Morgan fingerprint density at radius 2 is 2.00 bits per heavy atom. The summed E-state index contributed by atoms with van der Waals surface area (Å²) < 4.78 is 13.2. The highest BCUT2D eigenvalue weighted by Crippen LogP contribution is 2.47. The third kappa shape index (κ3) is 2.40. The van der Waals surface area contributed by atoms with Crippen molar-refractivity contribution in [3.05, 3.63) is 36.2 Å². The first-order valence-electron chi connectivity index (χ1n) is 8.33. The van der Waals surface area contributed by atoms with Crippen LogP contribution in [0.1, 0.15) is 31.2 Å². The minimum Gasteiger partial charge on any atom is -0.497 e. The highest BCUT2D eigenvalue weighted by Gasteiger charge is 2.28. The van der Waals surface area contributed by atoms with E-state index in [-0.39, 0.29) is 0 Å². The standard InChI is InChI=1S/C19H21N3O2/c1-4-22-8-7-20-19(22)16-11-14(12-5-6-12)18-15(21-16)9-13(23-2)10-17(18)24-3/h7-12H,4-6H2,1-3H3. The van der Waals surface area contributed by atoms with Crippen LogP contribution in [0.15, 0.2) is 30.6 Å². The van der Waals surface area contributed by atoms with Crippen LogP contribution >= 0.6 is 0 Å². The van der Waals surface area contributed by atoms with Gasteiger partial charge < -0.3 is 14.0 Å². The van der Waals surface area contributed by atoms with Crippen LogP contribution in [-0.4, -0.2) is 28.8 Å². The van der Waals surface area contributed by atoms with E-state index in [1.165, 1.54) is 18.4 Å².